The van der Waals surface area contributed by atoms with Crippen molar-refractivity contribution in [2.24, 2.45) is 0 Å². The number of nitriles is 1. The number of aromatic amines is 1. The molecule has 0 aliphatic rings. The SMILES string of the molecule is N#Cc1c[nH]n2c(Nc3ccccc3Br)c(-c3cccnc3)nc12. The van der Waals surface area contributed by atoms with E-state index in [4.69, 9.17) is 0 Å². The highest BCUT2D eigenvalue weighted by molar-refractivity contribution is 9.10. The maximum atomic E-state index is 9.27. The summed E-state index contributed by atoms with van der Waals surface area (Å²) in [7, 11) is 0. The lowest BCUT2D eigenvalue weighted by atomic mass is 10.2. The minimum Gasteiger partial charge on any atom is -0.337 e. The first kappa shape index (κ1) is 14.5. The van der Waals surface area contributed by atoms with Gasteiger partial charge in [-0.05, 0) is 40.2 Å². The minimum absolute atomic E-state index is 0.486. The third kappa shape index (κ3) is 2.33. The van der Waals surface area contributed by atoms with Gasteiger partial charge in [0.05, 0.1) is 5.69 Å². The Hall–Kier alpha value is -3.11. The van der Waals surface area contributed by atoms with E-state index in [-0.39, 0.29) is 0 Å². The number of anilines is 2. The fourth-order valence-electron chi connectivity index (χ4n) is 2.51. The molecule has 3 heterocycles. The Labute approximate surface area is 145 Å². The maximum Gasteiger partial charge on any atom is 0.173 e. The highest BCUT2D eigenvalue weighted by atomic mass is 79.9. The molecule has 4 aromatic rings. The van der Waals surface area contributed by atoms with E-state index in [1.807, 2.05) is 36.4 Å². The smallest absolute Gasteiger partial charge is 0.173 e. The molecule has 7 heteroatoms. The summed E-state index contributed by atoms with van der Waals surface area (Å²) in [4.78, 5) is 8.79. The topological polar surface area (TPSA) is 81.8 Å². The van der Waals surface area contributed by atoms with Crippen molar-refractivity contribution in [2.75, 3.05) is 5.32 Å². The van der Waals surface area contributed by atoms with Crippen LogP contribution < -0.4 is 5.32 Å². The molecule has 0 saturated carbocycles. The number of hydrogen-bond donors (Lipinski definition) is 2. The molecule has 0 aliphatic heterocycles. The summed E-state index contributed by atoms with van der Waals surface area (Å²) >= 11 is 3.54. The van der Waals surface area contributed by atoms with Gasteiger partial charge in [0, 0.05) is 28.6 Å². The van der Waals surface area contributed by atoms with Gasteiger partial charge in [0.25, 0.3) is 0 Å². The zero-order valence-corrected chi connectivity index (χ0v) is 13.9. The van der Waals surface area contributed by atoms with E-state index in [0.717, 1.165) is 27.2 Å². The van der Waals surface area contributed by atoms with Crippen molar-refractivity contribution in [3.8, 4) is 17.3 Å². The number of para-hydroxylation sites is 1. The second kappa shape index (κ2) is 5.83. The molecule has 116 valence electrons. The van der Waals surface area contributed by atoms with Gasteiger partial charge in [0.15, 0.2) is 11.5 Å². The Morgan fingerprint density at radius 2 is 2.08 bits per heavy atom. The third-order valence-corrected chi connectivity index (χ3v) is 4.33. The van der Waals surface area contributed by atoms with Gasteiger partial charge in [-0.3, -0.25) is 10.1 Å². The van der Waals surface area contributed by atoms with Crippen molar-refractivity contribution >= 4 is 33.1 Å². The molecule has 0 fully saturated rings. The molecule has 0 amide bonds. The number of nitrogens with one attached hydrogen (secondary N) is 2. The summed E-state index contributed by atoms with van der Waals surface area (Å²) in [6, 6.07) is 13.8. The normalized spacial score (nSPS) is 10.7. The molecular formula is C17H11BrN6. The predicted octanol–water partition coefficient (Wildman–Crippen LogP) is 4.10. The number of nitrogens with zero attached hydrogens (tertiary/aromatic N) is 4. The molecular weight excluding hydrogens is 368 g/mol. The zero-order valence-electron chi connectivity index (χ0n) is 12.4. The monoisotopic (exact) mass is 378 g/mol. The van der Waals surface area contributed by atoms with Crippen LogP contribution >= 0.6 is 15.9 Å². The number of halogens is 1. The molecule has 24 heavy (non-hydrogen) atoms. The number of imidazole rings is 1. The van der Waals surface area contributed by atoms with E-state index in [0.29, 0.717) is 11.2 Å². The molecule has 0 aliphatic carbocycles. The van der Waals surface area contributed by atoms with Gasteiger partial charge in [-0.15, -0.1) is 0 Å². The summed E-state index contributed by atoms with van der Waals surface area (Å²) in [5, 5.41) is 15.7. The Bertz CT molecular complexity index is 1060. The van der Waals surface area contributed by atoms with Gasteiger partial charge < -0.3 is 5.32 Å². The zero-order chi connectivity index (χ0) is 16.5. The van der Waals surface area contributed by atoms with E-state index >= 15 is 0 Å². The second-order valence-corrected chi connectivity index (χ2v) is 5.97. The lowest BCUT2D eigenvalue weighted by Gasteiger charge is -2.09. The van der Waals surface area contributed by atoms with Crippen LogP contribution in [-0.4, -0.2) is 19.6 Å². The van der Waals surface area contributed by atoms with Crippen LogP contribution in [0.1, 0.15) is 5.56 Å². The van der Waals surface area contributed by atoms with Crippen molar-refractivity contribution in [2.45, 2.75) is 0 Å². The van der Waals surface area contributed by atoms with Crippen LogP contribution in [0.3, 0.4) is 0 Å². The fraction of sp³-hybridized carbons (Fsp3) is 0. The van der Waals surface area contributed by atoms with E-state index in [1.165, 1.54) is 0 Å². The molecule has 0 bridgehead atoms. The van der Waals surface area contributed by atoms with E-state index < -0.39 is 0 Å². The van der Waals surface area contributed by atoms with Crippen LogP contribution in [0.2, 0.25) is 0 Å². The minimum atomic E-state index is 0.486. The van der Waals surface area contributed by atoms with E-state index in [9.17, 15) is 5.26 Å². The molecule has 2 N–H and O–H groups in total. The summed E-state index contributed by atoms with van der Waals surface area (Å²) in [6.45, 7) is 0. The number of aromatic nitrogens is 4. The molecule has 6 nitrogen and oxygen atoms in total. The van der Waals surface area contributed by atoms with Crippen molar-refractivity contribution in [1.82, 2.24) is 19.6 Å². The van der Waals surface area contributed by atoms with Gasteiger partial charge in [-0.1, -0.05) is 12.1 Å². The van der Waals surface area contributed by atoms with Crippen LogP contribution in [0.4, 0.5) is 11.5 Å². The second-order valence-electron chi connectivity index (χ2n) is 5.11. The van der Waals surface area contributed by atoms with Gasteiger partial charge in [-0.2, -0.15) is 5.26 Å². The van der Waals surface area contributed by atoms with Crippen molar-refractivity contribution in [3.05, 3.63) is 65.0 Å². The van der Waals surface area contributed by atoms with Crippen LogP contribution in [0.15, 0.2) is 59.5 Å². The van der Waals surface area contributed by atoms with Gasteiger partial charge in [0.2, 0.25) is 0 Å². The first-order chi connectivity index (χ1) is 11.8. The average molecular weight is 379 g/mol. The number of fused-ring (bicyclic) bond motifs is 1. The summed E-state index contributed by atoms with van der Waals surface area (Å²) in [5.41, 5.74) is 3.55. The maximum absolute atomic E-state index is 9.27. The summed E-state index contributed by atoms with van der Waals surface area (Å²) in [5.74, 6) is 0.742. The standard InChI is InChI=1S/C17H11BrN6/c18-13-5-1-2-6-14(13)22-17-15(11-4-3-7-20-9-11)23-16-12(8-19)10-21-24(16)17/h1-7,9-10,21-22H. The number of pyridine rings is 1. The van der Waals surface area contributed by atoms with Crippen LogP contribution in [0, 0.1) is 11.3 Å². The predicted molar refractivity (Wildman–Crippen MR) is 94.9 cm³/mol. The van der Waals surface area contributed by atoms with Crippen molar-refractivity contribution in [1.29, 1.82) is 5.26 Å². The van der Waals surface area contributed by atoms with Crippen LogP contribution in [0.25, 0.3) is 16.9 Å². The molecule has 0 radical (unpaired) electrons. The lowest BCUT2D eigenvalue weighted by molar-refractivity contribution is 0.980. The Balaban J connectivity index is 1.93. The van der Waals surface area contributed by atoms with Gasteiger partial charge in [-0.25, -0.2) is 9.50 Å². The molecule has 0 unspecified atom stereocenters. The average Bonchev–Trinajstić information content (AvgIpc) is 3.17. The molecule has 3 aromatic heterocycles. The lowest BCUT2D eigenvalue weighted by Crippen LogP contribution is -1.98. The van der Waals surface area contributed by atoms with Crippen LogP contribution in [0.5, 0.6) is 0 Å². The number of H-pyrrole nitrogens is 1. The number of hydrogen-bond acceptors (Lipinski definition) is 4. The summed E-state index contributed by atoms with van der Waals surface area (Å²) < 4.78 is 2.70. The highest BCUT2D eigenvalue weighted by Crippen LogP contribution is 2.33. The van der Waals surface area contributed by atoms with Crippen LogP contribution in [-0.2, 0) is 0 Å². The van der Waals surface area contributed by atoms with Crippen molar-refractivity contribution in [3.63, 3.8) is 0 Å². The van der Waals surface area contributed by atoms with Gasteiger partial charge >= 0.3 is 0 Å². The molecule has 4 rings (SSSR count). The van der Waals surface area contributed by atoms with Crippen molar-refractivity contribution < 1.29 is 0 Å². The molecule has 1 aromatic carbocycles. The third-order valence-electron chi connectivity index (χ3n) is 3.64. The number of benzene rings is 1. The molecule has 0 atom stereocenters. The largest absolute Gasteiger partial charge is 0.337 e. The van der Waals surface area contributed by atoms with E-state index in [1.54, 1.807) is 23.1 Å². The fourth-order valence-corrected chi connectivity index (χ4v) is 2.90. The Morgan fingerprint density at radius 3 is 2.83 bits per heavy atom. The Morgan fingerprint density at radius 1 is 1.21 bits per heavy atom. The first-order valence-corrected chi connectivity index (χ1v) is 7.99. The first-order valence-electron chi connectivity index (χ1n) is 7.20. The van der Waals surface area contributed by atoms with Gasteiger partial charge in [0.1, 0.15) is 17.3 Å². The highest BCUT2D eigenvalue weighted by Gasteiger charge is 2.18. The Kier molecular flexibility index (Phi) is 3.52. The quantitative estimate of drug-likeness (QED) is 0.562. The number of rotatable bonds is 3. The summed E-state index contributed by atoms with van der Waals surface area (Å²) in [6.07, 6.45) is 5.10. The van der Waals surface area contributed by atoms with E-state index in [2.05, 4.69) is 42.4 Å². The molecule has 0 spiro atoms. The molecule has 0 saturated heterocycles.